The molecular formula is C50H57N9O11S. The highest BCUT2D eigenvalue weighted by Crippen LogP contribution is 2.38. The molecule has 1 saturated heterocycles. The number of imide groups is 2. The van der Waals surface area contributed by atoms with E-state index in [1.807, 2.05) is 12.1 Å². The number of hydrogen-bond acceptors (Lipinski definition) is 12. The zero-order valence-corrected chi connectivity index (χ0v) is 40.4. The van der Waals surface area contributed by atoms with Crippen LogP contribution in [-0.4, -0.2) is 120 Å². The summed E-state index contributed by atoms with van der Waals surface area (Å²) in [7, 11) is -2.09. The highest BCUT2D eigenvalue weighted by Gasteiger charge is 2.40. The van der Waals surface area contributed by atoms with Gasteiger partial charge in [0.25, 0.3) is 35.1 Å². The number of nitrogens with one attached hydrogen (secondary N) is 6. The van der Waals surface area contributed by atoms with Gasteiger partial charge in [-0.3, -0.25) is 53.4 Å². The molecule has 1 unspecified atom stereocenters. The van der Waals surface area contributed by atoms with Crippen molar-refractivity contribution in [3.05, 3.63) is 98.6 Å². The average Bonchev–Trinajstić information content (AvgIpc) is 3.82. The highest BCUT2D eigenvalue weighted by atomic mass is 32.2. The first kappa shape index (κ1) is 50.0. The molecule has 2 aromatic heterocycles. The summed E-state index contributed by atoms with van der Waals surface area (Å²) in [6, 6.07) is 9.77. The monoisotopic (exact) mass is 991 g/mol. The number of amides is 8. The molecule has 2 aromatic carbocycles. The van der Waals surface area contributed by atoms with Crippen molar-refractivity contribution in [1.82, 2.24) is 40.6 Å². The topological polar surface area (TPSA) is 275 Å². The van der Waals surface area contributed by atoms with Gasteiger partial charge in [-0.2, -0.15) is 0 Å². The Labute approximate surface area is 409 Å². The molecule has 0 radical (unpaired) electrons. The molecular weight excluding hydrogens is 935 g/mol. The molecule has 8 rings (SSSR count). The van der Waals surface area contributed by atoms with Crippen molar-refractivity contribution in [3.8, 4) is 11.1 Å². The van der Waals surface area contributed by atoms with Crippen LogP contribution in [0.3, 0.4) is 0 Å². The molecule has 374 valence electrons. The van der Waals surface area contributed by atoms with Crippen LogP contribution in [0.5, 0.6) is 0 Å². The van der Waals surface area contributed by atoms with Gasteiger partial charge in [-0.1, -0.05) is 25.0 Å². The van der Waals surface area contributed by atoms with E-state index in [1.165, 1.54) is 10.6 Å². The van der Waals surface area contributed by atoms with Crippen LogP contribution >= 0.6 is 0 Å². The Morgan fingerprint density at radius 2 is 1.54 bits per heavy atom. The molecule has 1 atom stereocenters. The normalized spacial score (nSPS) is 16.7. The highest BCUT2D eigenvalue weighted by molar-refractivity contribution is 7.89. The van der Waals surface area contributed by atoms with E-state index in [1.54, 1.807) is 36.3 Å². The number of fused-ring (bicyclic) bond motifs is 2. The summed E-state index contributed by atoms with van der Waals surface area (Å²) in [4.78, 5) is 120. The summed E-state index contributed by atoms with van der Waals surface area (Å²) in [5, 5.41) is 14.5. The molecule has 1 saturated carbocycles. The molecule has 3 aliphatic heterocycles. The molecule has 4 aliphatic rings. The van der Waals surface area contributed by atoms with Gasteiger partial charge in [-0.25, -0.2) is 8.42 Å². The van der Waals surface area contributed by atoms with Crippen LogP contribution in [0.2, 0.25) is 0 Å². The number of nitrogens with zero attached hydrogens (tertiary/aromatic N) is 3. The first-order chi connectivity index (χ1) is 33.9. The van der Waals surface area contributed by atoms with Crippen LogP contribution < -0.4 is 32.1 Å². The van der Waals surface area contributed by atoms with E-state index in [2.05, 4.69) is 31.6 Å². The maximum atomic E-state index is 14.0. The van der Waals surface area contributed by atoms with E-state index in [0.29, 0.717) is 66.2 Å². The van der Waals surface area contributed by atoms with E-state index in [4.69, 9.17) is 0 Å². The summed E-state index contributed by atoms with van der Waals surface area (Å²) in [5.41, 5.74) is 4.32. The maximum Gasteiger partial charge on any atom is 0.274 e. The molecule has 20 nitrogen and oxygen atoms in total. The Balaban J connectivity index is 0.914. The van der Waals surface area contributed by atoms with Gasteiger partial charge in [-0.15, -0.1) is 0 Å². The van der Waals surface area contributed by atoms with E-state index in [9.17, 15) is 51.6 Å². The number of rotatable bonds is 22. The molecule has 8 amide bonds. The summed E-state index contributed by atoms with van der Waals surface area (Å²) in [6.07, 6.45) is 11.2. The van der Waals surface area contributed by atoms with Crippen molar-refractivity contribution in [2.24, 2.45) is 13.0 Å². The lowest BCUT2D eigenvalue weighted by molar-refractivity contribution is -0.138. The third-order valence-corrected chi connectivity index (χ3v) is 14.1. The molecule has 0 bridgehead atoms. The Morgan fingerprint density at radius 1 is 0.803 bits per heavy atom. The SMILES string of the molecule is Cn1cc(-c2cc(CS(C)(=O)=O)c(C(=O)NCCCCCCc3cccc4c3CN(C3CCC(=O)NC3=O)C4=O)cc2NCC2CC2)c2cc(C(=O)NCCNC(=O)CCN3C(=O)C=CC3=O)[nH]c2c1=O. The van der Waals surface area contributed by atoms with Gasteiger partial charge in [0.15, 0.2) is 9.84 Å². The third kappa shape index (κ3) is 11.8. The fraction of sp³-hybridized carbons (Fsp3) is 0.420. The molecule has 4 aromatic rings. The Morgan fingerprint density at radius 3 is 2.27 bits per heavy atom. The zero-order valence-electron chi connectivity index (χ0n) is 39.6. The number of benzene rings is 2. The number of aromatic amines is 1. The van der Waals surface area contributed by atoms with Gasteiger partial charge in [0.1, 0.15) is 17.3 Å². The lowest BCUT2D eigenvalue weighted by Crippen LogP contribution is -2.52. The van der Waals surface area contributed by atoms with Gasteiger partial charge < -0.3 is 35.7 Å². The summed E-state index contributed by atoms with van der Waals surface area (Å²) in [5.74, 6) is -3.41. The number of aromatic nitrogens is 2. The summed E-state index contributed by atoms with van der Waals surface area (Å²) in [6.45, 7) is 1.24. The smallest absolute Gasteiger partial charge is 0.274 e. The van der Waals surface area contributed by atoms with E-state index < -0.39 is 62.6 Å². The molecule has 2 fully saturated rings. The predicted octanol–water partition coefficient (Wildman–Crippen LogP) is 2.36. The third-order valence-electron chi connectivity index (χ3n) is 13.2. The van der Waals surface area contributed by atoms with Crippen LogP contribution in [0.1, 0.15) is 106 Å². The molecule has 5 heterocycles. The number of unbranched alkanes of at least 4 members (excludes halogenated alkanes) is 3. The van der Waals surface area contributed by atoms with Gasteiger partial charge in [-0.05, 0) is 85.4 Å². The van der Waals surface area contributed by atoms with Crippen LogP contribution in [0, 0.1) is 5.92 Å². The minimum atomic E-state index is -3.66. The number of hydrogen-bond donors (Lipinski definition) is 6. The van der Waals surface area contributed by atoms with Crippen LogP contribution in [-0.2, 0) is 59.6 Å². The number of anilines is 1. The van der Waals surface area contributed by atoms with Crippen molar-refractivity contribution in [3.63, 3.8) is 0 Å². The standard InChI is InChI=1S/C50H57N9O11S/c1-57-26-37(35-24-39(55-45(35)50(57)68)47(65)53-20-19-51-41(60)17-21-58-43(62)15-16-44(58)63)34-22-31(28-71(2,69)70)33(23-38(34)54-25-29-11-12-29)46(64)52-18-6-4-3-5-8-30-9-7-10-32-36(30)27-59(49(32)67)40-13-14-42(61)56-48(40)66/h7,9-10,15-16,22-24,26,29,40,54-55H,3-6,8,11-14,17-21,25,27-28H2,1-2H3,(H,51,60)(H,52,64)(H,53,65)(H,56,61,66). The number of sulfone groups is 1. The average molecular weight is 992 g/mol. The molecule has 6 N–H and O–H groups in total. The Bertz CT molecular complexity index is 3040. The minimum Gasteiger partial charge on any atom is -0.384 e. The predicted molar refractivity (Wildman–Crippen MR) is 262 cm³/mol. The number of piperidine rings is 1. The van der Waals surface area contributed by atoms with Crippen LogP contribution in [0.15, 0.2) is 59.5 Å². The van der Waals surface area contributed by atoms with Crippen molar-refractivity contribution >= 4 is 73.7 Å². The van der Waals surface area contributed by atoms with E-state index >= 15 is 0 Å². The lowest BCUT2D eigenvalue weighted by atomic mass is 9.95. The van der Waals surface area contributed by atoms with Gasteiger partial charge in [0.05, 0.1) is 5.75 Å². The van der Waals surface area contributed by atoms with Crippen LogP contribution in [0.4, 0.5) is 5.69 Å². The molecule has 71 heavy (non-hydrogen) atoms. The number of carbonyl (C=O) groups excluding carboxylic acids is 8. The lowest BCUT2D eigenvalue weighted by Gasteiger charge is -2.29. The zero-order chi connectivity index (χ0) is 50.6. The van der Waals surface area contributed by atoms with Crippen molar-refractivity contribution < 1.29 is 46.8 Å². The molecule has 1 aliphatic carbocycles. The fourth-order valence-electron chi connectivity index (χ4n) is 9.28. The van der Waals surface area contributed by atoms with Crippen molar-refractivity contribution in [1.29, 1.82) is 0 Å². The second kappa shape index (κ2) is 21.3. The first-order valence-corrected chi connectivity index (χ1v) is 25.9. The van der Waals surface area contributed by atoms with Crippen LogP contribution in [0.25, 0.3) is 22.0 Å². The van der Waals surface area contributed by atoms with E-state index in [0.717, 1.165) is 73.0 Å². The van der Waals surface area contributed by atoms with E-state index in [-0.39, 0.29) is 66.6 Å². The van der Waals surface area contributed by atoms with Crippen molar-refractivity contribution in [2.75, 3.05) is 44.3 Å². The second-order valence-corrected chi connectivity index (χ2v) is 20.8. The number of aryl methyl sites for hydroxylation is 2. The Hall–Kier alpha value is -7.42. The molecule has 21 heteroatoms. The minimum absolute atomic E-state index is 0.0252. The number of H-pyrrole nitrogens is 1. The fourth-order valence-corrected chi connectivity index (χ4v) is 10.1. The largest absolute Gasteiger partial charge is 0.384 e. The second-order valence-electron chi connectivity index (χ2n) is 18.7. The van der Waals surface area contributed by atoms with Crippen molar-refractivity contribution in [2.45, 2.75) is 82.5 Å². The summed E-state index contributed by atoms with van der Waals surface area (Å²) < 4.78 is 27.1. The Kier molecular flexibility index (Phi) is 15.0. The number of carbonyl (C=O) groups is 8. The quantitative estimate of drug-likeness (QED) is 0.0490. The van der Waals surface area contributed by atoms with Gasteiger partial charge in [0, 0.05) is 117 Å². The number of pyridine rings is 1. The van der Waals surface area contributed by atoms with Gasteiger partial charge >= 0.3 is 0 Å². The summed E-state index contributed by atoms with van der Waals surface area (Å²) >= 11 is 0. The van der Waals surface area contributed by atoms with Gasteiger partial charge in [0.2, 0.25) is 17.7 Å². The first-order valence-electron chi connectivity index (χ1n) is 23.9. The molecule has 0 spiro atoms. The maximum absolute atomic E-state index is 14.0.